The third-order valence-corrected chi connectivity index (χ3v) is 5.05. The van der Waals surface area contributed by atoms with E-state index in [-0.39, 0.29) is 4.65 Å². The lowest BCUT2D eigenvalue weighted by Crippen LogP contribution is -2.55. The summed E-state index contributed by atoms with van der Waals surface area (Å²) < 4.78 is 0.0447. The van der Waals surface area contributed by atoms with Gasteiger partial charge < -0.3 is 15.2 Å². The van der Waals surface area contributed by atoms with Gasteiger partial charge in [0.15, 0.2) is 0 Å². The van der Waals surface area contributed by atoms with Gasteiger partial charge in [-0.15, -0.1) is 0 Å². The summed E-state index contributed by atoms with van der Waals surface area (Å²) in [6.07, 6.45) is 6.40. The Bertz CT molecular complexity index is 284. The van der Waals surface area contributed by atoms with Crippen LogP contribution in [-0.4, -0.2) is 37.4 Å². The number of nitrogens with one attached hydrogen (secondary N) is 1. The van der Waals surface area contributed by atoms with Crippen LogP contribution in [0.15, 0.2) is 0 Å². The van der Waals surface area contributed by atoms with Crippen LogP contribution in [0.5, 0.6) is 0 Å². The van der Waals surface area contributed by atoms with Crippen molar-refractivity contribution < 1.29 is 4.65 Å². The highest BCUT2D eigenvalue weighted by atomic mass is 16.5. The van der Waals surface area contributed by atoms with E-state index in [0.29, 0.717) is 10.8 Å². The third-order valence-electron chi connectivity index (χ3n) is 5.05. The predicted octanol–water partition coefficient (Wildman–Crippen LogP) is 2.90. The Morgan fingerprint density at radius 3 is 2.39 bits per heavy atom. The van der Waals surface area contributed by atoms with Crippen molar-refractivity contribution in [3.05, 3.63) is 5.21 Å². The largest absolute Gasteiger partial charge is 0.633 e. The topological polar surface area (TPSA) is 35.1 Å². The highest BCUT2D eigenvalue weighted by molar-refractivity contribution is 4.87. The minimum atomic E-state index is 0.0447. The van der Waals surface area contributed by atoms with Crippen molar-refractivity contribution in [1.29, 1.82) is 0 Å². The minimum absolute atomic E-state index is 0.0447. The molecule has 0 radical (unpaired) electrons. The van der Waals surface area contributed by atoms with E-state index in [1.54, 1.807) is 0 Å². The molecule has 0 spiro atoms. The van der Waals surface area contributed by atoms with E-state index >= 15 is 0 Å². The molecule has 1 atom stereocenters. The number of hydrogen-bond acceptors (Lipinski definition) is 2. The fourth-order valence-corrected chi connectivity index (χ4v) is 4.04. The van der Waals surface area contributed by atoms with E-state index in [4.69, 9.17) is 0 Å². The zero-order valence-corrected chi connectivity index (χ0v) is 12.4. The van der Waals surface area contributed by atoms with E-state index in [0.717, 1.165) is 39.1 Å². The van der Waals surface area contributed by atoms with E-state index < -0.39 is 0 Å². The SMILES string of the molecule is CC1(C)CCCC(C)(CC[N+]2([O-])CCNCC2)C1. The highest BCUT2D eigenvalue weighted by Crippen LogP contribution is 2.48. The molecule has 2 rings (SSSR count). The molecule has 1 saturated heterocycles. The fourth-order valence-electron chi connectivity index (χ4n) is 4.04. The summed E-state index contributed by atoms with van der Waals surface area (Å²) in [5.74, 6) is 0. The second-order valence-electron chi connectivity index (χ2n) is 7.73. The van der Waals surface area contributed by atoms with Crippen LogP contribution in [0.1, 0.15) is 52.9 Å². The van der Waals surface area contributed by atoms with Gasteiger partial charge in [-0.25, -0.2) is 0 Å². The molecule has 0 bridgehead atoms. The van der Waals surface area contributed by atoms with Gasteiger partial charge >= 0.3 is 0 Å². The van der Waals surface area contributed by atoms with Crippen molar-refractivity contribution in [2.24, 2.45) is 10.8 Å². The quantitative estimate of drug-likeness (QED) is 0.621. The maximum Gasteiger partial charge on any atom is 0.0911 e. The number of rotatable bonds is 3. The van der Waals surface area contributed by atoms with E-state index in [9.17, 15) is 5.21 Å². The Morgan fingerprint density at radius 2 is 1.78 bits per heavy atom. The van der Waals surface area contributed by atoms with E-state index in [1.165, 1.54) is 25.7 Å². The van der Waals surface area contributed by atoms with Gasteiger partial charge in [0.2, 0.25) is 0 Å². The third kappa shape index (κ3) is 3.69. The Hall–Kier alpha value is -0.120. The van der Waals surface area contributed by atoms with Crippen molar-refractivity contribution in [3.63, 3.8) is 0 Å². The molecule has 2 aliphatic rings. The maximum absolute atomic E-state index is 12.6. The molecular weight excluding hydrogens is 224 g/mol. The fraction of sp³-hybridized carbons (Fsp3) is 1.00. The first-order valence-electron chi connectivity index (χ1n) is 7.61. The van der Waals surface area contributed by atoms with Crippen LogP contribution in [-0.2, 0) is 0 Å². The van der Waals surface area contributed by atoms with Crippen LogP contribution in [0.25, 0.3) is 0 Å². The first-order valence-corrected chi connectivity index (χ1v) is 7.61. The second-order valence-corrected chi connectivity index (χ2v) is 7.73. The molecule has 18 heavy (non-hydrogen) atoms. The first kappa shape index (κ1) is 14.3. The zero-order valence-electron chi connectivity index (χ0n) is 12.4. The Labute approximate surface area is 112 Å². The van der Waals surface area contributed by atoms with Gasteiger partial charge in [-0.3, -0.25) is 0 Å². The second kappa shape index (κ2) is 5.10. The molecule has 1 aliphatic carbocycles. The normalized spacial score (nSPS) is 35.3. The maximum atomic E-state index is 12.6. The van der Waals surface area contributed by atoms with Gasteiger partial charge in [0.25, 0.3) is 0 Å². The molecule has 1 N–H and O–H groups in total. The first-order chi connectivity index (χ1) is 8.33. The van der Waals surface area contributed by atoms with Gasteiger partial charge in [0, 0.05) is 19.5 Å². The number of nitrogens with zero attached hydrogens (tertiary/aromatic N) is 1. The lowest BCUT2D eigenvalue weighted by molar-refractivity contribution is -0.883. The standard InChI is InChI=1S/C15H30N2O/c1-14(2)5-4-6-15(3,13-14)7-10-17(18)11-8-16-9-12-17/h16H,4-13H2,1-3H3. The average molecular weight is 254 g/mol. The molecule has 3 nitrogen and oxygen atoms in total. The summed E-state index contributed by atoms with van der Waals surface area (Å²) in [6.45, 7) is 11.3. The van der Waals surface area contributed by atoms with Crippen LogP contribution in [0.2, 0.25) is 0 Å². The van der Waals surface area contributed by atoms with Gasteiger partial charge in [-0.05, 0) is 30.1 Å². The Balaban J connectivity index is 1.88. The molecule has 1 unspecified atom stereocenters. The monoisotopic (exact) mass is 254 g/mol. The van der Waals surface area contributed by atoms with Crippen molar-refractivity contribution in [2.45, 2.75) is 52.9 Å². The molecule has 0 amide bonds. The summed E-state index contributed by atoms with van der Waals surface area (Å²) in [5.41, 5.74) is 0.881. The van der Waals surface area contributed by atoms with Gasteiger partial charge in [-0.2, -0.15) is 0 Å². The van der Waals surface area contributed by atoms with Gasteiger partial charge in [0.05, 0.1) is 19.6 Å². The summed E-state index contributed by atoms with van der Waals surface area (Å²) in [4.78, 5) is 0. The molecule has 0 aromatic rings. The molecule has 3 heteroatoms. The lowest BCUT2D eigenvalue weighted by Gasteiger charge is -2.49. The predicted molar refractivity (Wildman–Crippen MR) is 76.1 cm³/mol. The minimum Gasteiger partial charge on any atom is -0.633 e. The molecular formula is C15H30N2O. The summed E-state index contributed by atoms with van der Waals surface area (Å²) >= 11 is 0. The van der Waals surface area contributed by atoms with Crippen molar-refractivity contribution >= 4 is 0 Å². The number of hydrogen-bond donors (Lipinski definition) is 1. The highest BCUT2D eigenvalue weighted by Gasteiger charge is 2.37. The van der Waals surface area contributed by atoms with Crippen molar-refractivity contribution in [2.75, 3.05) is 32.7 Å². The Kier molecular flexibility index (Phi) is 4.05. The zero-order chi connectivity index (χ0) is 13.3. The van der Waals surface area contributed by atoms with Gasteiger partial charge in [0.1, 0.15) is 0 Å². The number of quaternary nitrogens is 1. The molecule has 1 heterocycles. The van der Waals surface area contributed by atoms with Crippen LogP contribution in [0, 0.1) is 16.0 Å². The molecule has 1 saturated carbocycles. The molecule has 1 aliphatic heterocycles. The van der Waals surface area contributed by atoms with E-state index in [1.807, 2.05) is 0 Å². The van der Waals surface area contributed by atoms with Crippen molar-refractivity contribution in [1.82, 2.24) is 5.32 Å². The summed E-state index contributed by atoms with van der Waals surface area (Å²) in [6, 6.07) is 0. The number of piperazine rings is 1. The Morgan fingerprint density at radius 1 is 1.11 bits per heavy atom. The van der Waals surface area contributed by atoms with Crippen LogP contribution >= 0.6 is 0 Å². The summed E-state index contributed by atoms with van der Waals surface area (Å²) in [5, 5.41) is 15.9. The van der Waals surface area contributed by atoms with Gasteiger partial charge in [-0.1, -0.05) is 27.2 Å². The summed E-state index contributed by atoms with van der Waals surface area (Å²) in [7, 11) is 0. The number of hydroxylamine groups is 3. The molecule has 0 aromatic carbocycles. The molecule has 0 aromatic heterocycles. The molecule has 2 fully saturated rings. The van der Waals surface area contributed by atoms with Crippen LogP contribution in [0.4, 0.5) is 0 Å². The van der Waals surface area contributed by atoms with E-state index in [2.05, 4.69) is 26.1 Å². The van der Waals surface area contributed by atoms with Crippen molar-refractivity contribution in [3.8, 4) is 0 Å². The smallest absolute Gasteiger partial charge is 0.0911 e. The van der Waals surface area contributed by atoms with Crippen LogP contribution in [0.3, 0.4) is 0 Å². The average Bonchev–Trinajstić information content (AvgIpc) is 2.26. The molecule has 106 valence electrons. The van der Waals surface area contributed by atoms with Crippen LogP contribution < -0.4 is 5.32 Å². The lowest BCUT2D eigenvalue weighted by atomic mass is 9.63.